The molecule has 1 aromatic heterocycles. The molecule has 0 radical (unpaired) electrons. The van der Waals surface area contributed by atoms with Crippen LogP contribution in [0.2, 0.25) is 5.02 Å². The van der Waals surface area contributed by atoms with Crippen molar-refractivity contribution in [2.24, 2.45) is 0 Å². The highest BCUT2D eigenvalue weighted by Gasteiger charge is 2.25. The van der Waals surface area contributed by atoms with E-state index in [9.17, 15) is 14.3 Å². The summed E-state index contributed by atoms with van der Waals surface area (Å²) in [6, 6.07) is 4.17. The molecular formula is C18H21ClFNO3S. The minimum atomic E-state index is -0.632. The SMILES string of the molecule is CN(C(=O)OC(C)(C)C)c1c(Cc2cc(F)ccc2Cl)csc1CO. The summed E-state index contributed by atoms with van der Waals surface area (Å²) in [5, 5.41) is 11.9. The van der Waals surface area contributed by atoms with Gasteiger partial charge in [0.25, 0.3) is 0 Å². The first-order valence-corrected chi connectivity index (χ1v) is 8.99. The van der Waals surface area contributed by atoms with Gasteiger partial charge in [-0.2, -0.15) is 0 Å². The minimum absolute atomic E-state index is 0.204. The van der Waals surface area contributed by atoms with Crippen molar-refractivity contribution >= 4 is 34.7 Å². The number of hydrogen-bond donors (Lipinski definition) is 1. The molecule has 0 aliphatic carbocycles. The molecular weight excluding hydrogens is 365 g/mol. The molecule has 1 aromatic carbocycles. The summed E-state index contributed by atoms with van der Waals surface area (Å²) in [5.41, 5.74) is 1.33. The fourth-order valence-electron chi connectivity index (χ4n) is 2.38. The van der Waals surface area contributed by atoms with Crippen LogP contribution in [0.4, 0.5) is 14.9 Å². The largest absolute Gasteiger partial charge is 0.443 e. The van der Waals surface area contributed by atoms with E-state index in [1.54, 1.807) is 27.8 Å². The molecule has 4 nitrogen and oxygen atoms in total. The van der Waals surface area contributed by atoms with Gasteiger partial charge >= 0.3 is 6.09 Å². The number of anilines is 1. The van der Waals surface area contributed by atoms with E-state index in [0.29, 0.717) is 27.6 Å². The van der Waals surface area contributed by atoms with E-state index in [2.05, 4.69) is 0 Å². The van der Waals surface area contributed by atoms with Crippen molar-refractivity contribution in [1.29, 1.82) is 0 Å². The molecule has 0 bridgehead atoms. The molecule has 0 saturated carbocycles. The lowest BCUT2D eigenvalue weighted by molar-refractivity contribution is 0.0589. The number of aliphatic hydroxyl groups is 1. The summed E-state index contributed by atoms with van der Waals surface area (Å²) < 4.78 is 18.9. The predicted octanol–water partition coefficient (Wildman–Crippen LogP) is 5.00. The van der Waals surface area contributed by atoms with Crippen LogP contribution in [0.15, 0.2) is 23.6 Å². The summed E-state index contributed by atoms with van der Waals surface area (Å²) in [6.45, 7) is 5.15. The molecule has 1 heterocycles. The second-order valence-corrected chi connectivity index (χ2v) is 8.01. The van der Waals surface area contributed by atoms with E-state index in [0.717, 1.165) is 5.56 Å². The Morgan fingerprint density at radius 1 is 1.36 bits per heavy atom. The van der Waals surface area contributed by atoms with E-state index < -0.39 is 11.7 Å². The maximum Gasteiger partial charge on any atom is 0.414 e. The Morgan fingerprint density at radius 2 is 2.04 bits per heavy atom. The Hall–Kier alpha value is -1.63. The van der Waals surface area contributed by atoms with Crippen LogP contribution in [0.1, 0.15) is 36.8 Å². The lowest BCUT2D eigenvalue weighted by Gasteiger charge is -2.25. The maximum absolute atomic E-state index is 13.5. The van der Waals surface area contributed by atoms with Crippen molar-refractivity contribution in [2.45, 2.75) is 39.4 Å². The topological polar surface area (TPSA) is 49.8 Å². The third-order valence-corrected chi connectivity index (χ3v) is 4.82. The Balaban J connectivity index is 2.36. The fraction of sp³-hybridized carbons (Fsp3) is 0.389. The Labute approximate surface area is 155 Å². The number of carbonyl (C=O) groups is 1. The summed E-state index contributed by atoms with van der Waals surface area (Å²) in [7, 11) is 1.59. The van der Waals surface area contributed by atoms with Crippen LogP contribution in [-0.2, 0) is 17.8 Å². The van der Waals surface area contributed by atoms with E-state index >= 15 is 0 Å². The lowest BCUT2D eigenvalue weighted by Crippen LogP contribution is -2.34. The van der Waals surface area contributed by atoms with Gasteiger partial charge in [0.05, 0.1) is 17.2 Å². The lowest BCUT2D eigenvalue weighted by atomic mass is 10.1. The van der Waals surface area contributed by atoms with Gasteiger partial charge in [-0.1, -0.05) is 11.6 Å². The number of amides is 1. The number of halogens is 2. The maximum atomic E-state index is 13.5. The van der Waals surface area contributed by atoms with Crippen LogP contribution in [0, 0.1) is 5.82 Å². The first kappa shape index (κ1) is 19.7. The van der Waals surface area contributed by atoms with Crippen LogP contribution in [0.25, 0.3) is 0 Å². The number of benzene rings is 1. The molecule has 1 N–H and O–H groups in total. The summed E-state index contributed by atoms with van der Waals surface area (Å²) in [4.78, 5) is 14.4. The average molecular weight is 386 g/mol. The summed E-state index contributed by atoms with van der Waals surface area (Å²) in [6.07, 6.45) is -0.178. The van der Waals surface area contributed by atoms with Gasteiger partial charge in [0.15, 0.2) is 0 Å². The number of rotatable bonds is 4. The number of ether oxygens (including phenoxy) is 1. The van der Waals surface area contributed by atoms with Gasteiger partial charge in [-0.3, -0.25) is 4.90 Å². The molecule has 0 fully saturated rings. The predicted molar refractivity (Wildman–Crippen MR) is 99.1 cm³/mol. The molecule has 136 valence electrons. The van der Waals surface area contributed by atoms with Gasteiger partial charge in [-0.25, -0.2) is 9.18 Å². The van der Waals surface area contributed by atoms with Gasteiger partial charge in [0.1, 0.15) is 11.4 Å². The van der Waals surface area contributed by atoms with E-state index in [4.69, 9.17) is 16.3 Å². The zero-order valence-electron chi connectivity index (χ0n) is 14.6. The molecule has 7 heteroatoms. The van der Waals surface area contributed by atoms with Gasteiger partial charge < -0.3 is 9.84 Å². The number of thiophene rings is 1. The fourth-order valence-corrected chi connectivity index (χ4v) is 3.50. The molecule has 1 amide bonds. The normalized spacial score (nSPS) is 11.5. The second kappa shape index (κ2) is 7.72. The first-order chi connectivity index (χ1) is 11.6. The van der Waals surface area contributed by atoms with Gasteiger partial charge in [0, 0.05) is 18.5 Å². The van der Waals surface area contributed by atoms with Crippen molar-refractivity contribution in [3.8, 4) is 0 Å². The molecule has 2 aromatic rings. The third kappa shape index (κ3) is 4.93. The smallest absolute Gasteiger partial charge is 0.414 e. The van der Waals surface area contributed by atoms with E-state index in [-0.39, 0.29) is 12.4 Å². The summed E-state index contributed by atoms with van der Waals surface area (Å²) >= 11 is 7.48. The van der Waals surface area contributed by atoms with Crippen molar-refractivity contribution in [3.63, 3.8) is 0 Å². The molecule has 0 unspecified atom stereocenters. The highest BCUT2D eigenvalue weighted by atomic mass is 35.5. The number of aliphatic hydroxyl groups excluding tert-OH is 1. The monoisotopic (exact) mass is 385 g/mol. The Kier molecular flexibility index (Phi) is 6.08. The molecule has 0 spiro atoms. The number of hydrogen-bond acceptors (Lipinski definition) is 4. The van der Waals surface area contributed by atoms with E-state index in [1.807, 2.05) is 5.38 Å². The van der Waals surface area contributed by atoms with Crippen LogP contribution < -0.4 is 4.90 Å². The molecule has 0 aliphatic rings. The van der Waals surface area contributed by atoms with Gasteiger partial charge in [-0.05, 0) is 55.5 Å². The van der Waals surface area contributed by atoms with E-state index in [1.165, 1.54) is 34.4 Å². The van der Waals surface area contributed by atoms with Crippen molar-refractivity contribution in [1.82, 2.24) is 0 Å². The highest BCUT2D eigenvalue weighted by Crippen LogP contribution is 2.35. The van der Waals surface area contributed by atoms with Crippen molar-refractivity contribution < 1.29 is 19.0 Å². The Morgan fingerprint density at radius 3 is 2.64 bits per heavy atom. The van der Waals surface area contributed by atoms with Crippen LogP contribution in [0.3, 0.4) is 0 Å². The quantitative estimate of drug-likeness (QED) is 0.806. The molecule has 0 atom stereocenters. The highest BCUT2D eigenvalue weighted by molar-refractivity contribution is 7.10. The number of nitrogens with zero attached hydrogens (tertiary/aromatic N) is 1. The summed E-state index contributed by atoms with van der Waals surface area (Å²) in [5.74, 6) is -0.376. The standard InChI is InChI=1S/C18H21ClFNO3S/c1-18(2,3)24-17(23)21(4)16-12(10-25-15(16)9-22)7-11-8-13(20)5-6-14(11)19/h5-6,8,10,22H,7,9H2,1-4H3. The first-order valence-electron chi connectivity index (χ1n) is 7.73. The Bertz CT molecular complexity index is 770. The van der Waals surface area contributed by atoms with Crippen LogP contribution in [-0.4, -0.2) is 23.8 Å². The third-order valence-electron chi connectivity index (χ3n) is 3.45. The zero-order chi connectivity index (χ0) is 18.8. The average Bonchev–Trinajstić information content (AvgIpc) is 2.91. The van der Waals surface area contributed by atoms with Crippen molar-refractivity contribution in [2.75, 3.05) is 11.9 Å². The molecule has 0 saturated heterocycles. The minimum Gasteiger partial charge on any atom is -0.443 e. The van der Waals surface area contributed by atoms with Gasteiger partial charge in [0.2, 0.25) is 0 Å². The second-order valence-electron chi connectivity index (χ2n) is 6.64. The molecule has 0 aliphatic heterocycles. The number of carbonyl (C=O) groups excluding carboxylic acids is 1. The van der Waals surface area contributed by atoms with Crippen LogP contribution in [0.5, 0.6) is 0 Å². The van der Waals surface area contributed by atoms with Crippen molar-refractivity contribution in [3.05, 3.63) is 50.4 Å². The zero-order valence-corrected chi connectivity index (χ0v) is 16.2. The molecule has 2 rings (SSSR count). The molecule has 25 heavy (non-hydrogen) atoms. The van der Waals surface area contributed by atoms with Crippen LogP contribution >= 0.6 is 22.9 Å². The van der Waals surface area contributed by atoms with Gasteiger partial charge in [-0.15, -0.1) is 11.3 Å².